The lowest BCUT2D eigenvalue weighted by molar-refractivity contribution is 0.330. The molecule has 22 heavy (non-hydrogen) atoms. The van der Waals surface area contributed by atoms with Crippen LogP contribution in [0.4, 0.5) is 0 Å². The predicted octanol–water partition coefficient (Wildman–Crippen LogP) is 4.30. The molecule has 0 bridgehead atoms. The Morgan fingerprint density at radius 1 is 1.14 bits per heavy atom. The lowest BCUT2D eigenvalue weighted by Crippen LogP contribution is -2.12. The molecule has 0 heterocycles. The van der Waals surface area contributed by atoms with Crippen LogP contribution in [0.25, 0.3) is 5.57 Å². The molecule has 0 radical (unpaired) electrons. The molecule has 1 aliphatic rings. The number of hydrogen-bond acceptors (Lipinski definition) is 3. The van der Waals surface area contributed by atoms with Crippen LogP contribution in [0.1, 0.15) is 49.1 Å². The van der Waals surface area contributed by atoms with E-state index < -0.39 is 0 Å². The van der Waals surface area contributed by atoms with Gasteiger partial charge >= 0.3 is 0 Å². The molecule has 3 nitrogen and oxygen atoms in total. The van der Waals surface area contributed by atoms with Crippen molar-refractivity contribution in [1.82, 2.24) is 4.90 Å². The summed E-state index contributed by atoms with van der Waals surface area (Å²) in [6.07, 6.45) is 7.21. The van der Waals surface area contributed by atoms with Crippen molar-refractivity contribution in [2.24, 2.45) is 5.92 Å². The van der Waals surface area contributed by atoms with Gasteiger partial charge in [-0.15, -0.1) is 0 Å². The largest absolute Gasteiger partial charge is 0.382 e. The van der Waals surface area contributed by atoms with Crippen molar-refractivity contribution in [3.8, 4) is 12.1 Å². The average Bonchev–Trinajstić information content (AvgIpc) is 2.54. The lowest BCUT2D eigenvalue weighted by Gasteiger charge is -2.27. The minimum absolute atomic E-state index is 0.591. The molecule has 0 unspecified atom stereocenters. The van der Waals surface area contributed by atoms with E-state index in [-0.39, 0.29) is 0 Å². The molecule has 0 amide bonds. The van der Waals surface area contributed by atoms with Crippen molar-refractivity contribution < 1.29 is 0 Å². The highest BCUT2D eigenvalue weighted by molar-refractivity contribution is 5.76. The second kappa shape index (κ2) is 7.66. The summed E-state index contributed by atoms with van der Waals surface area (Å²) in [7, 11) is 3.84. The van der Waals surface area contributed by atoms with Gasteiger partial charge in [0, 0.05) is 26.7 Å². The second-order valence-electron chi connectivity index (χ2n) is 6.32. The Labute approximate surface area is 133 Å². The molecule has 0 spiro atoms. The maximum absolute atomic E-state index is 9.25. The molecule has 1 saturated carbocycles. The SMILES string of the molecule is CN(C)C=C(C#N)c1ccc(C2CCC(CC#N)CC2)cc1. The summed E-state index contributed by atoms with van der Waals surface area (Å²) in [4.78, 5) is 1.89. The summed E-state index contributed by atoms with van der Waals surface area (Å²) in [6, 6.07) is 13.0. The van der Waals surface area contributed by atoms with Crippen molar-refractivity contribution in [1.29, 1.82) is 10.5 Å². The second-order valence-corrected chi connectivity index (χ2v) is 6.32. The molecule has 1 aromatic carbocycles. The molecule has 0 aliphatic heterocycles. The van der Waals surface area contributed by atoms with Crippen LogP contribution in [0, 0.1) is 28.6 Å². The van der Waals surface area contributed by atoms with E-state index in [1.54, 1.807) is 0 Å². The van der Waals surface area contributed by atoms with Gasteiger partial charge in [-0.05, 0) is 48.6 Å². The fourth-order valence-corrected chi connectivity index (χ4v) is 3.19. The molecule has 0 N–H and O–H groups in total. The quantitative estimate of drug-likeness (QED) is 0.778. The Morgan fingerprint density at radius 2 is 1.77 bits per heavy atom. The monoisotopic (exact) mass is 293 g/mol. The zero-order chi connectivity index (χ0) is 15.9. The number of hydrogen-bond donors (Lipinski definition) is 0. The van der Waals surface area contributed by atoms with E-state index in [2.05, 4.69) is 36.4 Å². The van der Waals surface area contributed by atoms with Gasteiger partial charge in [-0.2, -0.15) is 10.5 Å². The topological polar surface area (TPSA) is 50.8 Å². The third-order valence-electron chi connectivity index (χ3n) is 4.43. The predicted molar refractivity (Wildman–Crippen MR) is 88.6 cm³/mol. The highest BCUT2D eigenvalue weighted by Crippen LogP contribution is 2.37. The molecule has 0 atom stereocenters. The van der Waals surface area contributed by atoms with E-state index in [9.17, 15) is 5.26 Å². The van der Waals surface area contributed by atoms with Gasteiger partial charge in [0.05, 0.1) is 11.6 Å². The number of rotatable bonds is 4. The summed E-state index contributed by atoms with van der Waals surface area (Å²) >= 11 is 0. The third kappa shape index (κ3) is 4.12. The van der Waals surface area contributed by atoms with Crippen LogP contribution >= 0.6 is 0 Å². The maximum Gasteiger partial charge on any atom is 0.101 e. The molecule has 1 fully saturated rings. The van der Waals surface area contributed by atoms with Crippen LogP contribution in [-0.4, -0.2) is 19.0 Å². The summed E-state index contributed by atoms with van der Waals surface area (Å²) in [6.45, 7) is 0. The van der Waals surface area contributed by atoms with Crippen LogP contribution in [0.15, 0.2) is 30.5 Å². The van der Waals surface area contributed by atoms with E-state index in [0.29, 0.717) is 23.8 Å². The molecular formula is C19H23N3. The van der Waals surface area contributed by atoms with Gasteiger partial charge in [0.15, 0.2) is 0 Å². The molecule has 1 aromatic rings. The summed E-state index contributed by atoms with van der Waals surface area (Å²) in [5.74, 6) is 1.20. The summed E-state index contributed by atoms with van der Waals surface area (Å²) < 4.78 is 0. The van der Waals surface area contributed by atoms with Gasteiger partial charge in [-0.1, -0.05) is 24.3 Å². The number of nitriles is 2. The molecule has 114 valence electrons. The fourth-order valence-electron chi connectivity index (χ4n) is 3.19. The Kier molecular flexibility index (Phi) is 5.61. The van der Waals surface area contributed by atoms with Crippen molar-refractivity contribution in [2.45, 2.75) is 38.0 Å². The van der Waals surface area contributed by atoms with E-state index in [4.69, 9.17) is 5.26 Å². The van der Waals surface area contributed by atoms with Gasteiger partial charge < -0.3 is 4.90 Å². The fraction of sp³-hybridized carbons (Fsp3) is 0.474. The van der Waals surface area contributed by atoms with Gasteiger partial charge in [-0.3, -0.25) is 0 Å². The van der Waals surface area contributed by atoms with Gasteiger partial charge in [0.2, 0.25) is 0 Å². The van der Waals surface area contributed by atoms with Crippen LogP contribution in [0.5, 0.6) is 0 Å². The van der Waals surface area contributed by atoms with Crippen LogP contribution in [0.3, 0.4) is 0 Å². The molecule has 2 rings (SSSR count). The number of allylic oxidation sites excluding steroid dienone is 1. The average molecular weight is 293 g/mol. The Balaban J connectivity index is 2.04. The highest BCUT2D eigenvalue weighted by atomic mass is 15.0. The van der Waals surface area contributed by atoms with Crippen molar-refractivity contribution in [3.63, 3.8) is 0 Å². The van der Waals surface area contributed by atoms with Gasteiger partial charge in [0.1, 0.15) is 6.07 Å². The van der Waals surface area contributed by atoms with E-state index >= 15 is 0 Å². The minimum Gasteiger partial charge on any atom is -0.382 e. The first-order valence-electron chi connectivity index (χ1n) is 7.89. The number of benzene rings is 1. The van der Waals surface area contributed by atoms with Crippen LogP contribution < -0.4 is 0 Å². The summed E-state index contributed by atoms with van der Waals surface area (Å²) in [5.41, 5.74) is 3.02. The zero-order valence-electron chi connectivity index (χ0n) is 13.4. The first kappa shape index (κ1) is 16.1. The van der Waals surface area contributed by atoms with Crippen molar-refractivity contribution in [2.75, 3.05) is 14.1 Å². The van der Waals surface area contributed by atoms with E-state index in [1.807, 2.05) is 25.2 Å². The van der Waals surface area contributed by atoms with E-state index in [0.717, 1.165) is 18.4 Å². The molecule has 1 aliphatic carbocycles. The Bertz CT molecular complexity index is 591. The van der Waals surface area contributed by atoms with Crippen LogP contribution in [-0.2, 0) is 0 Å². The minimum atomic E-state index is 0.591. The number of nitrogens with zero attached hydrogens (tertiary/aromatic N) is 3. The molecule has 0 aromatic heterocycles. The molecule has 0 saturated heterocycles. The highest BCUT2D eigenvalue weighted by Gasteiger charge is 2.22. The van der Waals surface area contributed by atoms with Crippen molar-refractivity contribution >= 4 is 5.57 Å². The standard InChI is InChI=1S/C19H23N3/c1-22(2)14-19(13-21)18-9-7-17(8-10-18)16-5-3-15(4-6-16)11-12-20/h7-10,14-16H,3-6,11H2,1-2H3. The van der Waals surface area contributed by atoms with Crippen molar-refractivity contribution in [3.05, 3.63) is 41.6 Å². The van der Waals surface area contributed by atoms with E-state index in [1.165, 1.54) is 18.4 Å². The van der Waals surface area contributed by atoms with Gasteiger partial charge in [0.25, 0.3) is 0 Å². The smallest absolute Gasteiger partial charge is 0.101 e. The summed E-state index contributed by atoms with van der Waals surface area (Å²) in [5, 5.41) is 18.0. The Hall–Kier alpha value is -2.26. The molecule has 3 heteroatoms. The Morgan fingerprint density at radius 3 is 2.27 bits per heavy atom. The third-order valence-corrected chi connectivity index (χ3v) is 4.43. The lowest BCUT2D eigenvalue weighted by atomic mass is 9.77. The normalized spacial score (nSPS) is 21.7. The molecular weight excluding hydrogens is 270 g/mol. The first-order valence-corrected chi connectivity index (χ1v) is 7.89. The zero-order valence-corrected chi connectivity index (χ0v) is 13.4. The maximum atomic E-state index is 9.25. The van der Waals surface area contributed by atoms with Crippen LogP contribution in [0.2, 0.25) is 0 Å². The van der Waals surface area contributed by atoms with Gasteiger partial charge in [-0.25, -0.2) is 0 Å². The first-order chi connectivity index (χ1) is 10.6.